The summed E-state index contributed by atoms with van der Waals surface area (Å²) in [4.78, 5) is 3.95. The summed E-state index contributed by atoms with van der Waals surface area (Å²) in [5, 5.41) is 0. The molecule has 0 saturated carbocycles. The van der Waals surface area contributed by atoms with E-state index in [2.05, 4.69) is 4.98 Å². The van der Waals surface area contributed by atoms with E-state index in [1.54, 1.807) is 25.6 Å². The fourth-order valence-electron chi connectivity index (χ4n) is 1.29. The lowest BCUT2D eigenvalue weighted by Crippen LogP contribution is -2.27. The predicted molar refractivity (Wildman–Crippen MR) is 70.4 cm³/mol. The van der Waals surface area contributed by atoms with Crippen LogP contribution in [0.25, 0.3) is 0 Å². The molecule has 0 aliphatic heterocycles. The Morgan fingerprint density at radius 3 is 2.61 bits per heavy atom. The van der Waals surface area contributed by atoms with Crippen LogP contribution in [0.15, 0.2) is 18.5 Å². The number of hydrogen-bond donors (Lipinski definition) is 1. The normalized spacial score (nSPS) is 11.5. The lowest BCUT2D eigenvalue weighted by molar-refractivity contribution is -0.197. The highest BCUT2D eigenvalue weighted by atomic mass is 16.7. The number of unbranched alkanes of at least 4 members (excludes halogenated alkanes) is 1. The summed E-state index contributed by atoms with van der Waals surface area (Å²) in [5.41, 5.74) is 6.21. The van der Waals surface area contributed by atoms with Gasteiger partial charge in [-0.25, -0.2) is 0 Å². The quantitative estimate of drug-likeness (QED) is 0.569. The van der Waals surface area contributed by atoms with Gasteiger partial charge < -0.3 is 19.9 Å². The molecule has 102 valence electrons. The summed E-state index contributed by atoms with van der Waals surface area (Å²) in [6.45, 7) is 5.06. The lowest BCUT2D eigenvalue weighted by atomic mass is 10.3. The summed E-state index contributed by atoms with van der Waals surface area (Å²) in [6, 6.07) is 1.76. The Labute approximate surface area is 108 Å². The highest BCUT2D eigenvalue weighted by Crippen LogP contribution is 2.13. The van der Waals surface area contributed by atoms with Gasteiger partial charge in [0.2, 0.25) is 0 Å². The van der Waals surface area contributed by atoms with Crippen molar-refractivity contribution in [2.24, 2.45) is 0 Å². The van der Waals surface area contributed by atoms with Crippen molar-refractivity contribution in [2.75, 3.05) is 26.1 Å². The number of hydrogen-bond acceptors (Lipinski definition) is 5. The van der Waals surface area contributed by atoms with E-state index in [9.17, 15) is 0 Å². The summed E-state index contributed by atoms with van der Waals surface area (Å²) in [5.74, 6) is 0.187. The van der Waals surface area contributed by atoms with Crippen molar-refractivity contribution < 1.29 is 14.2 Å². The topological polar surface area (TPSA) is 66.6 Å². The van der Waals surface area contributed by atoms with Gasteiger partial charge in [0, 0.05) is 13.2 Å². The second kappa shape index (κ2) is 7.18. The van der Waals surface area contributed by atoms with E-state index in [1.807, 2.05) is 13.8 Å². The summed E-state index contributed by atoms with van der Waals surface area (Å²) < 4.78 is 16.2. The van der Waals surface area contributed by atoms with E-state index in [0.29, 0.717) is 24.7 Å². The molecule has 0 aromatic carbocycles. The van der Waals surface area contributed by atoms with Crippen LogP contribution in [-0.4, -0.2) is 31.1 Å². The maximum Gasteiger partial charge on any atom is 0.162 e. The molecule has 0 amide bonds. The molecule has 0 bridgehead atoms. The molecule has 0 saturated heterocycles. The summed E-state index contributed by atoms with van der Waals surface area (Å²) in [7, 11) is 1.63. The molecule has 0 aliphatic rings. The van der Waals surface area contributed by atoms with Crippen molar-refractivity contribution >= 4 is 5.69 Å². The molecular formula is C13H22N2O3. The number of pyridine rings is 1. The molecule has 18 heavy (non-hydrogen) atoms. The lowest BCUT2D eigenvalue weighted by Gasteiger charge is -2.23. The molecule has 5 heteroatoms. The molecular weight excluding hydrogens is 232 g/mol. The highest BCUT2D eigenvalue weighted by molar-refractivity contribution is 5.39. The Balaban J connectivity index is 2.09. The zero-order valence-corrected chi connectivity index (χ0v) is 11.3. The van der Waals surface area contributed by atoms with Crippen molar-refractivity contribution in [3.8, 4) is 5.75 Å². The Hall–Kier alpha value is -1.33. The fourth-order valence-corrected chi connectivity index (χ4v) is 1.29. The van der Waals surface area contributed by atoms with Gasteiger partial charge in [-0.1, -0.05) is 0 Å². The number of ether oxygens (including phenoxy) is 3. The van der Waals surface area contributed by atoms with Gasteiger partial charge in [-0.05, 0) is 26.7 Å². The van der Waals surface area contributed by atoms with Gasteiger partial charge in [0.05, 0.1) is 31.3 Å². The van der Waals surface area contributed by atoms with Crippen molar-refractivity contribution in [3.63, 3.8) is 0 Å². The largest absolute Gasteiger partial charge is 0.492 e. The van der Waals surface area contributed by atoms with Crippen molar-refractivity contribution in [3.05, 3.63) is 18.5 Å². The molecule has 0 aliphatic carbocycles. The molecule has 5 nitrogen and oxygen atoms in total. The first-order valence-corrected chi connectivity index (χ1v) is 6.06. The first kappa shape index (κ1) is 14.7. The Morgan fingerprint density at radius 2 is 1.94 bits per heavy atom. The summed E-state index contributed by atoms with van der Waals surface area (Å²) >= 11 is 0. The molecule has 1 rings (SSSR count). The van der Waals surface area contributed by atoms with Crippen LogP contribution in [0, 0.1) is 0 Å². The third kappa shape index (κ3) is 5.84. The van der Waals surface area contributed by atoms with Gasteiger partial charge in [0.25, 0.3) is 0 Å². The Morgan fingerprint density at radius 1 is 1.22 bits per heavy atom. The van der Waals surface area contributed by atoms with Crippen LogP contribution in [0.4, 0.5) is 5.69 Å². The second-order valence-corrected chi connectivity index (χ2v) is 4.46. The van der Waals surface area contributed by atoms with Gasteiger partial charge in [-0.3, -0.25) is 4.98 Å². The standard InChI is InChI=1S/C13H22N2O3/c1-13(2,16-3)18-7-5-4-6-17-12-8-11(14)9-15-10-12/h8-10H,4-7,14H2,1-3H3. The number of nitrogen functional groups attached to an aromatic ring is 1. The van der Waals surface area contributed by atoms with Crippen LogP contribution in [0.2, 0.25) is 0 Å². The molecule has 0 radical (unpaired) electrons. The minimum atomic E-state index is -0.515. The third-order valence-electron chi connectivity index (χ3n) is 2.48. The third-order valence-corrected chi connectivity index (χ3v) is 2.48. The number of nitrogens with zero attached hydrogens (tertiary/aromatic N) is 1. The van der Waals surface area contributed by atoms with Crippen LogP contribution in [-0.2, 0) is 9.47 Å². The molecule has 0 unspecified atom stereocenters. The monoisotopic (exact) mass is 254 g/mol. The number of methoxy groups -OCH3 is 1. The first-order valence-electron chi connectivity index (χ1n) is 6.06. The van der Waals surface area contributed by atoms with Gasteiger partial charge in [-0.15, -0.1) is 0 Å². The molecule has 2 N–H and O–H groups in total. The SMILES string of the molecule is COC(C)(C)OCCCCOc1cncc(N)c1. The van der Waals surface area contributed by atoms with E-state index in [4.69, 9.17) is 19.9 Å². The molecule has 0 atom stereocenters. The fraction of sp³-hybridized carbons (Fsp3) is 0.615. The van der Waals surface area contributed by atoms with E-state index >= 15 is 0 Å². The molecule has 0 spiro atoms. The number of rotatable bonds is 8. The average molecular weight is 254 g/mol. The molecule has 1 aromatic rings. The first-order chi connectivity index (χ1) is 8.53. The second-order valence-electron chi connectivity index (χ2n) is 4.46. The zero-order valence-electron chi connectivity index (χ0n) is 11.3. The van der Waals surface area contributed by atoms with Crippen LogP contribution < -0.4 is 10.5 Å². The van der Waals surface area contributed by atoms with Crippen LogP contribution in [0.1, 0.15) is 26.7 Å². The van der Waals surface area contributed by atoms with Gasteiger partial charge in [0.15, 0.2) is 5.79 Å². The van der Waals surface area contributed by atoms with Crippen LogP contribution in [0.3, 0.4) is 0 Å². The highest BCUT2D eigenvalue weighted by Gasteiger charge is 2.15. The van der Waals surface area contributed by atoms with Crippen molar-refractivity contribution in [1.29, 1.82) is 0 Å². The smallest absolute Gasteiger partial charge is 0.162 e. The number of nitrogens with two attached hydrogens (primary N) is 1. The minimum absolute atomic E-state index is 0.515. The molecule has 1 aromatic heterocycles. The summed E-state index contributed by atoms with van der Waals surface area (Å²) in [6.07, 6.45) is 5.07. The number of aromatic nitrogens is 1. The Bertz CT molecular complexity index is 356. The van der Waals surface area contributed by atoms with Crippen LogP contribution >= 0.6 is 0 Å². The zero-order chi connectivity index (χ0) is 13.4. The van der Waals surface area contributed by atoms with Gasteiger partial charge in [0.1, 0.15) is 5.75 Å². The molecule has 0 fully saturated rings. The Kier molecular flexibility index (Phi) is 5.88. The van der Waals surface area contributed by atoms with Gasteiger partial charge in [-0.2, -0.15) is 0 Å². The average Bonchev–Trinajstić information content (AvgIpc) is 2.34. The minimum Gasteiger partial charge on any atom is -0.492 e. The van der Waals surface area contributed by atoms with Crippen molar-refractivity contribution in [2.45, 2.75) is 32.5 Å². The van der Waals surface area contributed by atoms with E-state index in [-0.39, 0.29) is 0 Å². The van der Waals surface area contributed by atoms with E-state index in [1.165, 1.54) is 0 Å². The maximum atomic E-state index is 5.60. The van der Waals surface area contributed by atoms with Crippen molar-refractivity contribution in [1.82, 2.24) is 4.98 Å². The van der Waals surface area contributed by atoms with E-state index in [0.717, 1.165) is 12.8 Å². The molecule has 1 heterocycles. The number of anilines is 1. The maximum absolute atomic E-state index is 5.60. The van der Waals surface area contributed by atoms with E-state index < -0.39 is 5.79 Å². The van der Waals surface area contributed by atoms with Crippen LogP contribution in [0.5, 0.6) is 5.75 Å². The predicted octanol–water partition coefficient (Wildman–Crippen LogP) is 2.22. The van der Waals surface area contributed by atoms with Gasteiger partial charge >= 0.3 is 0 Å².